The number of hydrogen-bond acceptors (Lipinski definition) is 5. The van der Waals surface area contributed by atoms with Crippen LogP contribution in [-0.2, 0) is 13.2 Å². The Morgan fingerprint density at radius 3 is 2.86 bits per heavy atom. The molecule has 0 amide bonds. The van der Waals surface area contributed by atoms with Crippen LogP contribution in [0, 0.1) is 0 Å². The van der Waals surface area contributed by atoms with Crippen LogP contribution in [0.3, 0.4) is 0 Å². The maximum atomic E-state index is 11.0. The first-order valence-electron chi connectivity index (χ1n) is 6.56. The van der Waals surface area contributed by atoms with Gasteiger partial charge in [0.25, 0.3) is 0 Å². The molecule has 1 aromatic heterocycles. The lowest BCUT2D eigenvalue weighted by Gasteiger charge is -2.11. The van der Waals surface area contributed by atoms with Crippen molar-refractivity contribution in [2.75, 3.05) is 7.11 Å². The summed E-state index contributed by atoms with van der Waals surface area (Å²) in [6, 6.07) is 4.46. The average molecular weight is 291 g/mol. The molecule has 7 nitrogen and oxygen atoms in total. The first-order chi connectivity index (χ1) is 10.2. The molecular weight excluding hydrogens is 274 g/mol. The van der Waals surface area contributed by atoms with Crippen LogP contribution in [0.1, 0.15) is 29.5 Å². The minimum atomic E-state index is -1.02. The molecule has 1 aromatic carbocycles. The lowest BCUT2D eigenvalue weighted by molar-refractivity contribution is 0.0696. The molecule has 0 aliphatic carbocycles. The lowest BCUT2D eigenvalue weighted by Crippen LogP contribution is -2.09. The molecule has 0 unspecified atom stereocenters. The Hall–Kier alpha value is -2.57. The number of carboxylic acid groups (broad SMARTS) is 1. The predicted octanol–water partition coefficient (Wildman–Crippen LogP) is 1.97. The molecule has 21 heavy (non-hydrogen) atoms. The van der Waals surface area contributed by atoms with E-state index >= 15 is 0 Å². The molecule has 2 aromatic rings. The Morgan fingerprint density at radius 1 is 1.38 bits per heavy atom. The zero-order valence-electron chi connectivity index (χ0n) is 11.9. The highest BCUT2D eigenvalue weighted by Gasteiger charge is 2.12. The number of carboxylic acids is 1. The van der Waals surface area contributed by atoms with Crippen LogP contribution in [-0.4, -0.2) is 33.0 Å². The van der Waals surface area contributed by atoms with Gasteiger partial charge in [0, 0.05) is 6.54 Å². The van der Waals surface area contributed by atoms with E-state index in [0.29, 0.717) is 17.3 Å². The molecule has 0 spiro atoms. The Balaban J connectivity index is 2.16. The summed E-state index contributed by atoms with van der Waals surface area (Å²) in [5, 5.41) is 13.1. The molecule has 0 atom stereocenters. The second-order valence-corrected chi connectivity index (χ2v) is 4.36. The second-order valence-electron chi connectivity index (χ2n) is 4.36. The Kier molecular flexibility index (Phi) is 4.76. The SMILES string of the molecule is CCCn1ncnc1COc1cc(C(=O)O)ccc1OC. The van der Waals surface area contributed by atoms with Crippen molar-refractivity contribution in [2.45, 2.75) is 26.5 Å². The molecule has 0 aliphatic rings. The number of ether oxygens (including phenoxy) is 2. The molecule has 1 heterocycles. The van der Waals surface area contributed by atoms with Gasteiger partial charge in [0.2, 0.25) is 0 Å². The van der Waals surface area contributed by atoms with Gasteiger partial charge in [-0.2, -0.15) is 5.10 Å². The number of carbonyl (C=O) groups is 1. The van der Waals surface area contributed by atoms with Crippen molar-refractivity contribution < 1.29 is 19.4 Å². The molecule has 0 saturated heterocycles. The third kappa shape index (κ3) is 3.50. The van der Waals surface area contributed by atoms with Gasteiger partial charge in [0.15, 0.2) is 17.3 Å². The van der Waals surface area contributed by atoms with Gasteiger partial charge in [-0.1, -0.05) is 6.92 Å². The van der Waals surface area contributed by atoms with Crippen LogP contribution in [0.5, 0.6) is 11.5 Å². The first-order valence-corrected chi connectivity index (χ1v) is 6.56. The minimum Gasteiger partial charge on any atom is -0.493 e. The number of benzene rings is 1. The molecule has 7 heteroatoms. The normalized spacial score (nSPS) is 10.4. The van der Waals surface area contributed by atoms with E-state index in [1.165, 1.54) is 25.6 Å². The van der Waals surface area contributed by atoms with E-state index in [4.69, 9.17) is 14.6 Å². The Labute approximate surface area is 122 Å². The van der Waals surface area contributed by atoms with Crippen LogP contribution >= 0.6 is 0 Å². The van der Waals surface area contributed by atoms with Crippen molar-refractivity contribution in [1.82, 2.24) is 14.8 Å². The van der Waals surface area contributed by atoms with Crippen molar-refractivity contribution >= 4 is 5.97 Å². The van der Waals surface area contributed by atoms with E-state index in [9.17, 15) is 4.79 Å². The van der Waals surface area contributed by atoms with E-state index in [2.05, 4.69) is 10.1 Å². The highest BCUT2D eigenvalue weighted by Crippen LogP contribution is 2.28. The molecule has 0 bridgehead atoms. The van der Waals surface area contributed by atoms with Gasteiger partial charge < -0.3 is 14.6 Å². The maximum absolute atomic E-state index is 11.0. The van der Waals surface area contributed by atoms with E-state index in [0.717, 1.165) is 13.0 Å². The van der Waals surface area contributed by atoms with Gasteiger partial charge in [-0.3, -0.25) is 0 Å². The van der Waals surface area contributed by atoms with Gasteiger partial charge in [0.1, 0.15) is 12.9 Å². The van der Waals surface area contributed by atoms with E-state index in [1.54, 1.807) is 10.7 Å². The summed E-state index contributed by atoms with van der Waals surface area (Å²) in [5.41, 5.74) is 0.140. The van der Waals surface area contributed by atoms with Crippen molar-refractivity contribution in [1.29, 1.82) is 0 Å². The smallest absolute Gasteiger partial charge is 0.335 e. The zero-order chi connectivity index (χ0) is 15.2. The first kappa shape index (κ1) is 14.8. The molecule has 1 N–H and O–H groups in total. The molecule has 0 aliphatic heterocycles. The Bertz CT molecular complexity index is 624. The second kappa shape index (κ2) is 6.74. The Morgan fingerprint density at radius 2 is 2.19 bits per heavy atom. The standard InChI is InChI=1S/C14H17N3O4/c1-3-6-17-13(15-9-16-17)8-21-12-7-10(14(18)19)4-5-11(12)20-2/h4-5,7,9H,3,6,8H2,1-2H3,(H,18,19). The summed E-state index contributed by atoms with van der Waals surface area (Å²) < 4.78 is 12.6. The third-order valence-corrected chi connectivity index (χ3v) is 2.90. The fourth-order valence-electron chi connectivity index (χ4n) is 1.86. The van der Waals surface area contributed by atoms with E-state index < -0.39 is 5.97 Å². The van der Waals surface area contributed by atoms with Crippen LogP contribution in [0.2, 0.25) is 0 Å². The lowest BCUT2D eigenvalue weighted by atomic mass is 10.2. The number of aromatic carboxylic acids is 1. The highest BCUT2D eigenvalue weighted by molar-refractivity contribution is 5.88. The van der Waals surface area contributed by atoms with Gasteiger partial charge in [-0.05, 0) is 24.6 Å². The highest BCUT2D eigenvalue weighted by atomic mass is 16.5. The van der Waals surface area contributed by atoms with E-state index in [1.807, 2.05) is 6.92 Å². The largest absolute Gasteiger partial charge is 0.493 e. The monoisotopic (exact) mass is 291 g/mol. The molecule has 2 rings (SSSR count). The van der Waals surface area contributed by atoms with Crippen LogP contribution in [0.4, 0.5) is 0 Å². The molecule has 112 valence electrons. The average Bonchev–Trinajstić information content (AvgIpc) is 2.92. The summed E-state index contributed by atoms with van der Waals surface area (Å²) in [7, 11) is 1.50. The number of methoxy groups -OCH3 is 1. The summed E-state index contributed by atoms with van der Waals surface area (Å²) in [4.78, 5) is 15.1. The van der Waals surface area contributed by atoms with Crippen molar-refractivity contribution in [3.63, 3.8) is 0 Å². The number of hydrogen-bond donors (Lipinski definition) is 1. The van der Waals surface area contributed by atoms with Gasteiger partial charge in [0.05, 0.1) is 12.7 Å². The van der Waals surface area contributed by atoms with Crippen molar-refractivity contribution in [2.24, 2.45) is 0 Å². The zero-order valence-corrected chi connectivity index (χ0v) is 11.9. The number of nitrogens with zero attached hydrogens (tertiary/aromatic N) is 3. The fraction of sp³-hybridized carbons (Fsp3) is 0.357. The summed E-state index contributed by atoms with van der Waals surface area (Å²) in [5.74, 6) is 0.501. The van der Waals surface area contributed by atoms with E-state index in [-0.39, 0.29) is 12.2 Å². The summed E-state index contributed by atoms with van der Waals surface area (Å²) in [6.45, 7) is 3.00. The fourth-order valence-corrected chi connectivity index (χ4v) is 1.86. The van der Waals surface area contributed by atoms with Crippen LogP contribution in [0.25, 0.3) is 0 Å². The number of rotatable bonds is 7. The van der Waals surface area contributed by atoms with Gasteiger partial charge in [-0.25, -0.2) is 14.5 Å². The number of aromatic nitrogens is 3. The molecule has 0 fully saturated rings. The summed E-state index contributed by atoms with van der Waals surface area (Å²) in [6.07, 6.45) is 2.41. The molecule has 0 saturated carbocycles. The summed E-state index contributed by atoms with van der Waals surface area (Å²) >= 11 is 0. The minimum absolute atomic E-state index is 0.140. The molecule has 0 radical (unpaired) electrons. The quantitative estimate of drug-likeness (QED) is 0.839. The molecular formula is C14H17N3O4. The van der Waals surface area contributed by atoms with Gasteiger partial charge in [-0.15, -0.1) is 0 Å². The van der Waals surface area contributed by atoms with Gasteiger partial charge >= 0.3 is 5.97 Å². The van der Waals surface area contributed by atoms with Crippen molar-refractivity contribution in [3.8, 4) is 11.5 Å². The number of aryl methyl sites for hydroxylation is 1. The third-order valence-electron chi connectivity index (χ3n) is 2.90. The van der Waals surface area contributed by atoms with Crippen LogP contribution < -0.4 is 9.47 Å². The predicted molar refractivity (Wildman–Crippen MR) is 74.6 cm³/mol. The maximum Gasteiger partial charge on any atom is 0.335 e. The van der Waals surface area contributed by atoms with Crippen LogP contribution in [0.15, 0.2) is 24.5 Å². The topological polar surface area (TPSA) is 86.5 Å². The van der Waals surface area contributed by atoms with Crippen molar-refractivity contribution in [3.05, 3.63) is 35.9 Å².